The van der Waals surface area contributed by atoms with Gasteiger partial charge >= 0.3 is 6.03 Å². The first-order valence-corrected chi connectivity index (χ1v) is 5.00. The zero-order valence-corrected chi connectivity index (χ0v) is 8.25. The molecule has 0 saturated carbocycles. The maximum atomic E-state index is 11.3. The molecular weight excluding hydrogens is 166 g/mol. The van der Waals surface area contributed by atoms with Crippen LogP contribution in [-0.2, 0) is 0 Å². The number of nitrogens with two attached hydrogens (primary N) is 1. The second kappa shape index (κ2) is 5.07. The fourth-order valence-corrected chi connectivity index (χ4v) is 1.37. The van der Waals surface area contributed by atoms with Crippen LogP contribution >= 0.6 is 0 Å². The van der Waals surface area contributed by atoms with Crippen molar-refractivity contribution in [3.63, 3.8) is 0 Å². The number of carbonyl (C=O) groups excluding carboxylic acids is 1. The van der Waals surface area contributed by atoms with Crippen molar-refractivity contribution in [2.24, 2.45) is 11.7 Å². The lowest BCUT2D eigenvalue weighted by Gasteiger charge is -2.38. The lowest BCUT2D eigenvalue weighted by Crippen LogP contribution is -2.55. The molecule has 1 saturated heterocycles. The van der Waals surface area contributed by atoms with Gasteiger partial charge in [-0.15, -0.1) is 0 Å². The number of likely N-dealkylation sites (tertiary alicyclic amines) is 1. The van der Waals surface area contributed by atoms with Gasteiger partial charge in [0.1, 0.15) is 0 Å². The quantitative estimate of drug-likeness (QED) is 0.622. The van der Waals surface area contributed by atoms with Gasteiger partial charge in [0.2, 0.25) is 0 Å². The smallest absolute Gasteiger partial charge is 0.317 e. The summed E-state index contributed by atoms with van der Waals surface area (Å²) in [7, 11) is 0. The number of rotatable bonds is 4. The van der Waals surface area contributed by atoms with Crippen LogP contribution in [0.5, 0.6) is 0 Å². The van der Waals surface area contributed by atoms with Crippen LogP contribution in [0.4, 0.5) is 4.79 Å². The fourth-order valence-electron chi connectivity index (χ4n) is 1.37. The standard InChI is InChI=1S/C9H19N3O/c1-2-3-4-11-9(13)12-6-8(5-10)7-12/h8H,2-7,10H2,1H3,(H,11,13). The largest absolute Gasteiger partial charge is 0.338 e. The van der Waals surface area contributed by atoms with E-state index in [-0.39, 0.29) is 6.03 Å². The minimum Gasteiger partial charge on any atom is -0.338 e. The van der Waals surface area contributed by atoms with E-state index in [4.69, 9.17) is 5.73 Å². The lowest BCUT2D eigenvalue weighted by molar-refractivity contribution is 0.124. The van der Waals surface area contributed by atoms with E-state index in [1.807, 2.05) is 4.90 Å². The van der Waals surface area contributed by atoms with E-state index in [1.54, 1.807) is 0 Å². The highest BCUT2D eigenvalue weighted by Gasteiger charge is 2.28. The number of hydrogen-bond donors (Lipinski definition) is 2. The summed E-state index contributed by atoms with van der Waals surface area (Å²) in [6, 6.07) is 0.0677. The second-order valence-corrected chi connectivity index (χ2v) is 3.59. The molecule has 0 aromatic heterocycles. The molecule has 0 spiro atoms. The minimum absolute atomic E-state index is 0.0677. The Morgan fingerprint density at radius 2 is 2.31 bits per heavy atom. The molecule has 1 rings (SSSR count). The molecular formula is C9H19N3O. The van der Waals surface area contributed by atoms with Crippen molar-refractivity contribution < 1.29 is 4.79 Å². The second-order valence-electron chi connectivity index (χ2n) is 3.59. The van der Waals surface area contributed by atoms with Crippen molar-refractivity contribution in [3.05, 3.63) is 0 Å². The van der Waals surface area contributed by atoms with Crippen LogP contribution in [0, 0.1) is 5.92 Å². The van der Waals surface area contributed by atoms with E-state index in [2.05, 4.69) is 12.2 Å². The molecule has 13 heavy (non-hydrogen) atoms. The van der Waals surface area contributed by atoms with Gasteiger partial charge in [0.05, 0.1) is 0 Å². The van der Waals surface area contributed by atoms with Crippen LogP contribution in [0.1, 0.15) is 19.8 Å². The summed E-state index contributed by atoms with van der Waals surface area (Å²) in [5.41, 5.74) is 5.46. The van der Waals surface area contributed by atoms with Gasteiger partial charge in [0.15, 0.2) is 0 Å². The van der Waals surface area contributed by atoms with Gasteiger partial charge in [0.25, 0.3) is 0 Å². The van der Waals surface area contributed by atoms with Crippen LogP contribution in [0.3, 0.4) is 0 Å². The third-order valence-electron chi connectivity index (χ3n) is 2.38. The first-order valence-electron chi connectivity index (χ1n) is 5.00. The zero-order chi connectivity index (χ0) is 9.68. The third-order valence-corrected chi connectivity index (χ3v) is 2.38. The minimum atomic E-state index is 0.0677. The molecule has 0 radical (unpaired) electrons. The molecule has 1 fully saturated rings. The normalized spacial score (nSPS) is 16.9. The number of nitrogens with one attached hydrogen (secondary N) is 1. The summed E-state index contributed by atoms with van der Waals surface area (Å²) < 4.78 is 0. The van der Waals surface area contributed by atoms with Crippen LogP contribution in [-0.4, -0.2) is 37.1 Å². The van der Waals surface area contributed by atoms with Crippen molar-refractivity contribution in [2.45, 2.75) is 19.8 Å². The summed E-state index contributed by atoms with van der Waals surface area (Å²) in [6.45, 7) is 5.25. The van der Waals surface area contributed by atoms with Crippen LogP contribution in [0.25, 0.3) is 0 Å². The predicted octanol–water partition coefficient (Wildman–Crippen LogP) is 0.387. The van der Waals surface area contributed by atoms with E-state index >= 15 is 0 Å². The Balaban J connectivity index is 2.05. The number of urea groups is 1. The van der Waals surface area contributed by atoms with E-state index in [9.17, 15) is 4.79 Å². The summed E-state index contributed by atoms with van der Waals surface area (Å²) in [5, 5.41) is 2.88. The van der Waals surface area contributed by atoms with E-state index in [0.717, 1.165) is 32.5 Å². The zero-order valence-electron chi connectivity index (χ0n) is 8.25. The van der Waals surface area contributed by atoms with Gasteiger partial charge in [-0.2, -0.15) is 0 Å². The predicted molar refractivity (Wildman–Crippen MR) is 52.4 cm³/mol. The molecule has 0 aromatic carbocycles. The van der Waals surface area contributed by atoms with Crippen molar-refractivity contribution in [3.8, 4) is 0 Å². The average molecular weight is 185 g/mol. The Labute approximate surface area is 79.5 Å². The van der Waals surface area contributed by atoms with E-state index < -0.39 is 0 Å². The molecule has 0 atom stereocenters. The molecule has 2 amide bonds. The summed E-state index contributed by atoms with van der Waals surface area (Å²) in [4.78, 5) is 13.1. The molecule has 0 bridgehead atoms. The first kappa shape index (κ1) is 10.3. The number of carbonyl (C=O) groups is 1. The van der Waals surface area contributed by atoms with E-state index in [0.29, 0.717) is 12.5 Å². The van der Waals surface area contributed by atoms with Gasteiger partial charge in [-0.3, -0.25) is 0 Å². The molecule has 76 valence electrons. The van der Waals surface area contributed by atoms with Crippen molar-refractivity contribution >= 4 is 6.03 Å². The molecule has 1 heterocycles. The topological polar surface area (TPSA) is 58.4 Å². The Morgan fingerprint density at radius 1 is 1.62 bits per heavy atom. The molecule has 1 aliphatic heterocycles. The summed E-state index contributed by atoms with van der Waals surface area (Å²) in [5.74, 6) is 0.525. The number of nitrogens with zero attached hydrogens (tertiary/aromatic N) is 1. The maximum absolute atomic E-state index is 11.3. The lowest BCUT2D eigenvalue weighted by atomic mass is 10.0. The van der Waals surface area contributed by atoms with Crippen molar-refractivity contribution in [1.82, 2.24) is 10.2 Å². The molecule has 0 aromatic rings. The summed E-state index contributed by atoms with van der Waals surface area (Å²) >= 11 is 0. The molecule has 3 N–H and O–H groups in total. The number of hydrogen-bond acceptors (Lipinski definition) is 2. The first-order chi connectivity index (χ1) is 6.27. The molecule has 0 aliphatic carbocycles. The van der Waals surface area contributed by atoms with Crippen molar-refractivity contribution in [1.29, 1.82) is 0 Å². The van der Waals surface area contributed by atoms with E-state index in [1.165, 1.54) is 0 Å². The van der Waals surface area contributed by atoms with Crippen molar-refractivity contribution in [2.75, 3.05) is 26.2 Å². The Bertz CT molecular complexity index is 166. The maximum Gasteiger partial charge on any atom is 0.317 e. The monoisotopic (exact) mass is 185 g/mol. The highest BCUT2D eigenvalue weighted by atomic mass is 16.2. The SMILES string of the molecule is CCCCNC(=O)N1CC(CN)C1. The van der Waals surface area contributed by atoms with Crippen LogP contribution in [0.2, 0.25) is 0 Å². The Kier molecular flexibility index (Phi) is 4.02. The summed E-state index contributed by atoms with van der Waals surface area (Å²) in [6.07, 6.45) is 2.17. The number of unbranched alkanes of at least 4 members (excludes halogenated alkanes) is 1. The fraction of sp³-hybridized carbons (Fsp3) is 0.889. The third kappa shape index (κ3) is 2.88. The highest BCUT2D eigenvalue weighted by molar-refractivity contribution is 5.74. The molecule has 4 nitrogen and oxygen atoms in total. The van der Waals surface area contributed by atoms with Crippen LogP contribution < -0.4 is 11.1 Å². The van der Waals surface area contributed by atoms with Gasteiger partial charge in [-0.1, -0.05) is 13.3 Å². The van der Waals surface area contributed by atoms with Gasteiger partial charge in [-0.05, 0) is 13.0 Å². The molecule has 1 aliphatic rings. The van der Waals surface area contributed by atoms with Gasteiger partial charge < -0.3 is 16.0 Å². The Morgan fingerprint density at radius 3 is 2.85 bits per heavy atom. The van der Waals surface area contributed by atoms with Gasteiger partial charge in [-0.25, -0.2) is 4.79 Å². The Hall–Kier alpha value is -0.770. The van der Waals surface area contributed by atoms with Gasteiger partial charge in [0, 0.05) is 25.6 Å². The average Bonchev–Trinajstić information content (AvgIpc) is 2.03. The molecule has 0 unspecified atom stereocenters. The molecule has 4 heteroatoms. The highest BCUT2D eigenvalue weighted by Crippen LogP contribution is 2.13. The van der Waals surface area contributed by atoms with Crippen LogP contribution in [0.15, 0.2) is 0 Å². The number of amides is 2.